The SMILES string of the molecule is Cc1ccc(CC(N)C(=O)[C@@]2(C(=O)O)CC=CCN2)cc1C(N)=NS(=O)(=O)c1ccc2c(c1)CCN(C)C2. The molecular weight excluding hydrogens is 506 g/mol. The molecule has 6 N–H and O–H groups in total. The fraction of sp³-hybridized carbons (Fsp3) is 0.370. The van der Waals surface area contributed by atoms with Crippen molar-refractivity contribution in [1.29, 1.82) is 0 Å². The van der Waals surface area contributed by atoms with E-state index in [4.69, 9.17) is 11.5 Å². The first kappa shape index (κ1) is 27.6. The van der Waals surface area contributed by atoms with Crippen LogP contribution in [0, 0.1) is 6.92 Å². The molecule has 0 radical (unpaired) electrons. The monoisotopic (exact) mass is 539 g/mol. The second kappa shape index (κ2) is 10.8. The number of amidine groups is 1. The number of hydrogen-bond acceptors (Lipinski definition) is 7. The highest BCUT2D eigenvalue weighted by Crippen LogP contribution is 2.24. The summed E-state index contributed by atoms with van der Waals surface area (Å²) in [5.41, 5.74) is 14.3. The Hall–Kier alpha value is -3.38. The smallest absolute Gasteiger partial charge is 0.332 e. The lowest BCUT2D eigenvalue weighted by molar-refractivity contribution is -0.150. The third kappa shape index (κ3) is 5.56. The predicted octanol–water partition coefficient (Wildman–Crippen LogP) is 0.889. The minimum atomic E-state index is -4.06. The van der Waals surface area contributed by atoms with Crippen LogP contribution < -0.4 is 16.8 Å². The number of sulfonamides is 1. The van der Waals surface area contributed by atoms with Gasteiger partial charge in [0.2, 0.25) is 0 Å². The molecule has 38 heavy (non-hydrogen) atoms. The van der Waals surface area contributed by atoms with Gasteiger partial charge in [-0.25, -0.2) is 4.79 Å². The molecule has 2 atom stereocenters. The number of Topliss-reactive ketones (excluding diaryl/α,β-unsaturated/α-hetero) is 1. The Morgan fingerprint density at radius 2 is 1.95 bits per heavy atom. The van der Waals surface area contributed by atoms with Crippen molar-refractivity contribution in [3.63, 3.8) is 0 Å². The maximum atomic E-state index is 13.1. The summed E-state index contributed by atoms with van der Waals surface area (Å²) in [4.78, 5) is 27.3. The average Bonchev–Trinajstić information content (AvgIpc) is 2.88. The largest absolute Gasteiger partial charge is 0.480 e. The number of aliphatic carboxylic acids is 1. The third-order valence-electron chi connectivity index (χ3n) is 7.17. The number of nitrogens with two attached hydrogens (primary N) is 2. The van der Waals surface area contributed by atoms with E-state index in [0.717, 1.165) is 30.6 Å². The molecule has 0 fully saturated rings. The first-order valence-electron chi connectivity index (χ1n) is 12.4. The van der Waals surface area contributed by atoms with Crippen molar-refractivity contribution in [2.75, 3.05) is 20.1 Å². The van der Waals surface area contributed by atoms with Gasteiger partial charge in [0.25, 0.3) is 10.0 Å². The van der Waals surface area contributed by atoms with E-state index in [9.17, 15) is 23.1 Å². The summed E-state index contributed by atoms with van der Waals surface area (Å²) >= 11 is 0. The van der Waals surface area contributed by atoms with Gasteiger partial charge in [0, 0.05) is 31.6 Å². The standard InChI is InChI=1S/C27H33N5O5S/c1-17-5-6-18(14-23(28)24(33)27(26(34)35)10-3-4-11-30-27)13-22(17)25(29)31-38(36,37)21-8-7-20-16-32(2)12-9-19(20)15-21/h3-8,13,15,23,30H,9-12,14,16,28H2,1-2H3,(H2,29,31)(H,34,35)/t23?,27-/m1/s1. The minimum absolute atomic E-state index is 0.00484. The fourth-order valence-electron chi connectivity index (χ4n) is 4.90. The van der Waals surface area contributed by atoms with Crippen molar-refractivity contribution in [3.8, 4) is 0 Å². The molecule has 0 amide bonds. The van der Waals surface area contributed by atoms with E-state index in [2.05, 4.69) is 14.6 Å². The molecule has 0 aromatic heterocycles. The number of nitrogens with one attached hydrogen (secondary N) is 1. The molecular formula is C27H33N5O5S. The van der Waals surface area contributed by atoms with Gasteiger partial charge in [-0.15, -0.1) is 4.40 Å². The van der Waals surface area contributed by atoms with Crippen LogP contribution in [0.2, 0.25) is 0 Å². The number of carboxylic acids is 1. The maximum absolute atomic E-state index is 13.1. The summed E-state index contributed by atoms with van der Waals surface area (Å²) in [6, 6.07) is 9.05. The van der Waals surface area contributed by atoms with Crippen LogP contribution in [0.4, 0.5) is 0 Å². The molecule has 2 heterocycles. The Morgan fingerprint density at radius 3 is 2.63 bits per heavy atom. The number of nitrogens with zero attached hydrogens (tertiary/aromatic N) is 2. The molecule has 0 aliphatic carbocycles. The number of rotatable bonds is 8. The van der Waals surface area contributed by atoms with Crippen LogP contribution in [0.3, 0.4) is 0 Å². The van der Waals surface area contributed by atoms with E-state index in [0.29, 0.717) is 16.7 Å². The molecule has 4 rings (SSSR count). The average molecular weight is 540 g/mol. The van der Waals surface area contributed by atoms with Crippen LogP contribution >= 0.6 is 0 Å². The van der Waals surface area contributed by atoms with Crippen molar-refractivity contribution in [3.05, 3.63) is 76.4 Å². The lowest BCUT2D eigenvalue weighted by Gasteiger charge is -2.32. The molecule has 11 heteroatoms. The molecule has 0 spiro atoms. The fourth-order valence-corrected chi connectivity index (χ4v) is 5.90. The molecule has 202 valence electrons. The summed E-state index contributed by atoms with van der Waals surface area (Å²) in [5.74, 6) is -2.08. The number of hydrogen-bond donors (Lipinski definition) is 4. The maximum Gasteiger partial charge on any atom is 0.332 e. The first-order chi connectivity index (χ1) is 17.9. The summed E-state index contributed by atoms with van der Waals surface area (Å²) in [7, 11) is -2.04. The van der Waals surface area contributed by atoms with Crippen LogP contribution in [-0.4, -0.2) is 67.7 Å². The second-order valence-corrected chi connectivity index (χ2v) is 11.6. The number of benzene rings is 2. The lowest BCUT2D eigenvalue weighted by Crippen LogP contribution is -2.63. The van der Waals surface area contributed by atoms with Gasteiger partial charge in [-0.3, -0.25) is 10.1 Å². The zero-order valence-corrected chi connectivity index (χ0v) is 22.3. The van der Waals surface area contributed by atoms with Crippen LogP contribution in [0.25, 0.3) is 0 Å². The highest BCUT2D eigenvalue weighted by Gasteiger charge is 2.47. The molecule has 2 aromatic rings. The highest BCUT2D eigenvalue weighted by molar-refractivity contribution is 7.90. The highest BCUT2D eigenvalue weighted by atomic mass is 32.2. The normalized spacial score (nSPS) is 21.1. The van der Waals surface area contributed by atoms with Crippen molar-refractivity contribution in [2.45, 2.75) is 49.2 Å². The van der Waals surface area contributed by atoms with Gasteiger partial charge >= 0.3 is 5.97 Å². The number of carbonyl (C=O) groups is 2. The van der Waals surface area contributed by atoms with E-state index in [1.54, 1.807) is 49.4 Å². The molecule has 1 unspecified atom stereocenters. The minimum Gasteiger partial charge on any atom is -0.480 e. The molecule has 2 aliphatic heterocycles. The van der Waals surface area contributed by atoms with Crippen molar-refractivity contribution in [2.24, 2.45) is 15.9 Å². The van der Waals surface area contributed by atoms with Crippen LogP contribution in [0.15, 0.2) is 57.8 Å². The summed E-state index contributed by atoms with van der Waals surface area (Å²) in [5, 5.41) is 12.5. The Labute approximate surface area is 222 Å². The number of likely N-dealkylation sites (N-methyl/N-ethyl adjacent to an activating group) is 1. The summed E-state index contributed by atoms with van der Waals surface area (Å²) in [6.07, 6.45) is 4.21. The Bertz CT molecular complexity index is 1440. The lowest BCUT2D eigenvalue weighted by atomic mass is 9.82. The van der Waals surface area contributed by atoms with Gasteiger partial charge in [-0.2, -0.15) is 8.42 Å². The van der Waals surface area contributed by atoms with Gasteiger partial charge in [0.1, 0.15) is 5.84 Å². The summed E-state index contributed by atoms with van der Waals surface area (Å²) in [6.45, 7) is 3.63. The molecule has 0 saturated heterocycles. The molecule has 0 saturated carbocycles. The van der Waals surface area contributed by atoms with E-state index >= 15 is 0 Å². The van der Waals surface area contributed by atoms with Gasteiger partial charge < -0.3 is 21.5 Å². The molecule has 2 aliphatic rings. The molecule has 10 nitrogen and oxygen atoms in total. The Balaban J connectivity index is 1.57. The zero-order valence-electron chi connectivity index (χ0n) is 21.5. The van der Waals surface area contributed by atoms with Crippen molar-refractivity contribution in [1.82, 2.24) is 10.2 Å². The van der Waals surface area contributed by atoms with Crippen LogP contribution in [-0.2, 0) is 39.0 Å². The van der Waals surface area contributed by atoms with E-state index in [1.165, 1.54) is 0 Å². The molecule has 2 aromatic carbocycles. The number of ketones is 1. The van der Waals surface area contributed by atoms with Gasteiger partial charge in [0.15, 0.2) is 11.3 Å². The van der Waals surface area contributed by atoms with Crippen molar-refractivity contribution < 1.29 is 23.1 Å². The van der Waals surface area contributed by atoms with E-state index < -0.39 is 33.4 Å². The van der Waals surface area contributed by atoms with Gasteiger partial charge in [-0.05, 0) is 67.3 Å². The van der Waals surface area contributed by atoms with Crippen LogP contribution in [0.1, 0.15) is 34.2 Å². The quantitative estimate of drug-likeness (QED) is 0.165. The number of aryl methyl sites for hydroxylation is 1. The number of carboxylic acid groups (broad SMARTS) is 1. The van der Waals surface area contributed by atoms with Gasteiger partial charge in [0.05, 0.1) is 10.9 Å². The number of fused-ring (bicyclic) bond motifs is 1. The van der Waals surface area contributed by atoms with Gasteiger partial charge in [-0.1, -0.05) is 30.4 Å². The molecule has 0 bridgehead atoms. The predicted molar refractivity (Wildman–Crippen MR) is 144 cm³/mol. The topological polar surface area (TPSA) is 168 Å². The number of carbonyl (C=O) groups excluding carboxylic acids is 1. The second-order valence-electron chi connectivity index (χ2n) is 9.96. The summed E-state index contributed by atoms with van der Waals surface area (Å²) < 4.78 is 30.1. The zero-order chi connectivity index (χ0) is 27.7. The van der Waals surface area contributed by atoms with E-state index in [1.807, 2.05) is 13.1 Å². The Morgan fingerprint density at radius 1 is 1.18 bits per heavy atom. The van der Waals surface area contributed by atoms with E-state index in [-0.39, 0.29) is 30.1 Å². The Kier molecular flexibility index (Phi) is 7.84. The first-order valence-corrected chi connectivity index (χ1v) is 13.8. The third-order valence-corrected chi connectivity index (χ3v) is 8.45. The van der Waals surface area contributed by atoms with Crippen molar-refractivity contribution >= 4 is 27.6 Å². The van der Waals surface area contributed by atoms with Crippen LogP contribution in [0.5, 0.6) is 0 Å².